The van der Waals surface area contributed by atoms with Gasteiger partial charge in [0, 0.05) is 11.9 Å². The SMILES string of the molecule is CCOC(=O)c1cc(-n2cc(C#N)c(N)c2C(=O)OC)ccc1F. The Labute approximate surface area is 137 Å². The third-order valence-corrected chi connectivity index (χ3v) is 3.27. The Kier molecular flexibility index (Phi) is 4.84. The van der Waals surface area contributed by atoms with Gasteiger partial charge in [0.1, 0.15) is 11.9 Å². The lowest BCUT2D eigenvalue weighted by atomic mass is 10.2. The standard InChI is InChI=1S/C16H14FN3O4/c1-3-24-15(21)11-6-10(4-5-12(11)17)20-8-9(7-18)13(19)14(20)16(22)23-2/h4-6,8H,3,19H2,1-2H3. The predicted molar refractivity (Wildman–Crippen MR) is 82.2 cm³/mol. The highest BCUT2D eigenvalue weighted by molar-refractivity contribution is 5.96. The van der Waals surface area contributed by atoms with Crippen LogP contribution in [0.2, 0.25) is 0 Å². The third kappa shape index (κ3) is 2.92. The molecule has 2 aromatic rings. The van der Waals surface area contributed by atoms with Crippen molar-refractivity contribution in [3.63, 3.8) is 0 Å². The molecular formula is C16H14FN3O4. The second-order valence-electron chi connectivity index (χ2n) is 4.66. The summed E-state index contributed by atoms with van der Waals surface area (Å²) >= 11 is 0. The van der Waals surface area contributed by atoms with Crippen LogP contribution in [-0.2, 0) is 9.47 Å². The molecule has 0 amide bonds. The Morgan fingerprint density at radius 3 is 2.67 bits per heavy atom. The molecule has 0 radical (unpaired) electrons. The summed E-state index contributed by atoms with van der Waals surface area (Å²) in [5.41, 5.74) is 5.66. The first-order chi connectivity index (χ1) is 11.4. The van der Waals surface area contributed by atoms with Crippen LogP contribution in [0.3, 0.4) is 0 Å². The second kappa shape index (κ2) is 6.83. The molecule has 0 saturated carbocycles. The monoisotopic (exact) mass is 331 g/mol. The van der Waals surface area contributed by atoms with Crippen LogP contribution in [-0.4, -0.2) is 30.2 Å². The van der Waals surface area contributed by atoms with Crippen LogP contribution in [0.4, 0.5) is 10.1 Å². The van der Waals surface area contributed by atoms with Crippen molar-refractivity contribution in [2.24, 2.45) is 0 Å². The number of nitrogens with two attached hydrogens (primary N) is 1. The van der Waals surface area contributed by atoms with Crippen molar-refractivity contribution < 1.29 is 23.5 Å². The number of hydrogen-bond donors (Lipinski definition) is 1. The number of esters is 2. The van der Waals surface area contributed by atoms with Gasteiger partial charge in [-0.2, -0.15) is 5.26 Å². The molecule has 8 heteroatoms. The number of nitrogen functional groups attached to an aromatic ring is 1. The fourth-order valence-electron chi connectivity index (χ4n) is 2.15. The largest absolute Gasteiger partial charge is 0.464 e. The normalized spacial score (nSPS) is 10.1. The number of hydrogen-bond acceptors (Lipinski definition) is 6. The van der Waals surface area contributed by atoms with E-state index in [-0.39, 0.29) is 34.8 Å². The number of carbonyl (C=O) groups excluding carboxylic acids is 2. The zero-order valence-electron chi connectivity index (χ0n) is 13.0. The van der Waals surface area contributed by atoms with E-state index < -0.39 is 17.8 Å². The molecule has 0 saturated heterocycles. The van der Waals surface area contributed by atoms with Crippen molar-refractivity contribution in [1.29, 1.82) is 5.26 Å². The lowest BCUT2D eigenvalue weighted by Gasteiger charge is -2.10. The van der Waals surface area contributed by atoms with E-state index in [4.69, 9.17) is 15.7 Å². The number of nitriles is 1. The van der Waals surface area contributed by atoms with Gasteiger partial charge in [0.2, 0.25) is 0 Å². The lowest BCUT2D eigenvalue weighted by Crippen LogP contribution is -2.12. The van der Waals surface area contributed by atoms with Gasteiger partial charge in [-0.05, 0) is 25.1 Å². The zero-order chi connectivity index (χ0) is 17.9. The first kappa shape index (κ1) is 17.0. The molecule has 0 aliphatic heterocycles. The maximum atomic E-state index is 13.9. The minimum absolute atomic E-state index is 0.0532. The van der Waals surface area contributed by atoms with Gasteiger partial charge in [0.25, 0.3) is 0 Å². The van der Waals surface area contributed by atoms with Crippen LogP contribution < -0.4 is 5.73 Å². The van der Waals surface area contributed by atoms with Crippen molar-refractivity contribution in [2.45, 2.75) is 6.92 Å². The molecule has 0 fully saturated rings. The van der Waals surface area contributed by atoms with Gasteiger partial charge >= 0.3 is 11.9 Å². The van der Waals surface area contributed by atoms with E-state index in [1.807, 2.05) is 6.07 Å². The van der Waals surface area contributed by atoms with Crippen LogP contribution in [0.25, 0.3) is 5.69 Å². The molecule has 1 aromatic carbocycles. The second-order valence-corrected chi connectivity index (χ2v) is 4.66. The summed E-state index contributed by atoms with van der Waals surface area (Å²) in [7, 11) is 1.17. The highest BCUT2D eigenvalue weighted by Crippen LogP contribution is 2.26. The van der Waals surface area contributed by atoms with Gasteiger partial charge in [-0.15, -0.1) is 0 Å². The Hall–Kier alpha value is -3.34. The van der Waals surface area contributed by atoms with E-state index in [9.17, 15) is 14.0 Å². The average molecular weight is 331 g/mol. The number of aromatic nitrogens is 1. The molecule has 0 atom stereocenters. The molecule has 1 heterocycles. The highest BCUT2D eigenvalue weighted by Gasteiger charge is 2.23. The number of anilines is 1. The third-order valence-electron chi connectivity index (χ3n) is 3.27. The molecule has 124 valence electrons. The Morgan fingerprint density at radius 1 is 1.38 bits per heavy atom. The summed E-state index contributed by atoms with van der Waals surface area (Å²) in [6.45, 7) is 1.69. The first-order valence-electron chi connectivity index (χ1n) is 6.90. The molecule has 7 nitrogen and oxygen atoms in total. The van der Waals surface area contributed by atoms with E-state index in [2.05, 4.69) is 4.74 Å². The summed E-state index contributed by atoms with van der Waals surface area (Å²) in [4.78, 5) is 23.8. The quantitative estimate of drug-likeness (QED) is 0.859. The summed E-state index contributed by atoms with van der Waals surface area (Å²) < 4.78 is 24.6. The Balaban J connectivity index is 2.65. The number of carbonyl (C=O) groups is 2. The van der Waals surface area contributed by atoms with Gasteiger partial charge < -0.3 is 19.8 Å². The van der Waals surface area contributed by atoms with Gasteiger partial charge in [-0.25, -0.2) is 14.0 Å². The van der Waals surface area contributed by atoms with Gasteiger partial charge in [-0.1, -0.05) is 0 Å². The van der Waals surface area contributed by atoms with Crippen LogP contribution in [0.15, 0.2) is 24.4 Å². The summed E-state index contributed by atoms with van der Waals surface area (Å²) in [5, 5.41) is 9.08. The van der Waals surface area contributed by atoms with Crippen LogP contribution in [0.1, 0.15) is 33.3 Å². The van der Waals surface area contributed by atoms with Gasteiger partial charge in [0.15, 0.2) is 5.69 Å². The molecule has 0 unspecified atom stereocenters. The van der Waals surface area contributed by atoms with E-state index in [0.29, 0.717) is 0 Å². The van der Waals surface area contributed by atoms with Crippen molar-refractivity contribution in [3.05, 3.63) is 47.0 Å². The van der Waals surface area contributed by atoms with Crippen molar-refractivity contribution in [3.8, 4) is 11.8 Å². The van der Waals surface area contributed by atoms with Crippen LogP contribution in [0, 0.1) is 17.1 Å². The smallest absolute Gasteiger partial charge is 0.357 e. The molecule has 0 aliphatic carbocycles. The van der Waals surface area contributed by atoms with E-state index >= 15 is 0 Å². The number of methoxy groups -OCH3 is 1. The van der Waals surface area contributed by atoms with E-state index in [1.54, 1.807) is 6.92 Å². The summed E-state index contributed by atoms with van der Waals surface area (Å²) in [6, 6.07) is 5.46. The van der Waals surface area contributed by atoms with Crippen LogP contribution >= 0.6 is 0 Å². The number of benzene rings is 1. The molecule has 0 spiro atoms. The number of ether oxygens (including phenoxy) is 2. The highest BCUT2D eigenvalue weighted by atomic mass is 19.1. The fourth-order valence-corrected chi connectivity index (χ4v) is 2.15. The van der Waals surface area contributed by atoms with Crippen molar-refractivity contribution in [1.82, 2.24) is 4.57 Å². The fraction of sp³-hybridized carbons (Fsp3) is 0.188. The minimum Gasteiger partial charge on any atom is -0.464 e. The molecular weight excluding hydrogens is 317 g/mol. The molecule has 0 bridgehead atoms. The topological polar surface area (TPSA) is 107 Å². The maximum Gasteiger partial charge on any atom is 0.357 e. The van der Waals surface area contributed by atoms with Crippen LogP contribution in [0.5, 0.6) is 0 Å². The summed E-state index contributed by atoms with van der Waals surface area (Å²) in [6.07, 6.45) is 1.31. The molecule has 1 aromatic heterocycles. The van der Waals surface area contributed by atoms with E-state index in [0.717, 1.165) is 6.07 Å². The molecule has 2 N–H and O–H groups in total. The first-order valence-corrected chi connectivity index (χ1v) is 6.90. The number of halogens is 1. The molecule has 24 heavy (non-hydrogen) atoms. The van der Waals surface area contributed by atoms with E-state index in [1.165, 1.54) is 30.0 Å². The number of nitrogens with zero attached hydrogens (tertiary/aromatic N) is 2. The Morgan fingerprint density at radius 2 is 2.08 bits per heavy atom. The maximum absolute atomic E-state index is 13.9. The van der Waals surface area contributed by atoms with Crippen molar-refractivity contribution >= 4 is 17.6 Å². The van der Waals surface area contributed by atoms with Gasteiger partial charge in [0.05, 0.1) is 30.5 Å². The van der Waals surface area contributed by atoms with Crippen molar-refractivity contribution in [2.75, 3.05) is 19.5 Å². The number of rotatable bonds is 4. The predicted octanol–water partition coefficient (Wildman–Crippen LogP) is 2.03. The average Bonchev–Trinajstić information content (AvgIpc) is 2.91. The molecule has 2 rings (SSSR count). The zero-order valence-corrected chi connectivity index (χ0v) is 13.0. The summed E-state index contributed by atoms with van der Waals surface area (Å²) in [5.74, 6) is -2.37. The Bertz CT molecular complexity index is 852. The van der Waals surface area contributed by atoms with Gasteiger partial charge in [-0.3, -0.25) is 0 Å². The minimum atomic E-state index is -0.836. The molecule has 0 aliphatic rings. The lowest BCUT2D eigenvalue weighted by molar-refractivity contribution is 0.0520.